The van der Waals surface area contributed by atoms with E-state index in [1.54, 1.807) is 11.3 Å². The number of thiazole rings is 1. The zero-order chi connectivity index (χ0) is 21.8. The van der Waals surface area contributed by atoms with Crippen molar-refractivity contribution in [3.8, 4) is 0 Å². The fourth-order valence-corrected chi connectivity index (χ4v) is 5.47. The summed E-state index contributed by atoms with van der Waals surface area (Å²) in [6.07, 6.45) is 3.10. The van der Waals surface area contributed by atoms with Crippen molar-refractivity contribution >= 4 is 26.7 Å². The summed E-state index contributed by atoms with van der Waals surface area (Å²) in [6, 6.07) is 19.2. The molecule has 0 bridgehead atoms. The van der Waals surface area contributed by atoms with E-state index in [9.17, 15) is 0 Å². The number of aromatic nitrogens is 5. The second-order valence-corrected chi connectivity index (χ2v) is 9.30. The summed E-state index contributed by atoms with van der Waals surface area (Å²) in [5.74, 6) is 0.996. The van der Waals surface area contributed by atoms with Gasteiger partial charge in [-0.3, -0.25) is 4.90 Å². The highest BCUT2D eigenvalue weighted by Crippen LogP contribution is 2.31. The van der Waals surface area contributed by atoms with Gasteiger partial charge in [-0.1, -0.05) is 67.1 Å². The molecule has 1 aliphatic heterocycles. The van der Waals surface area contributed by atoms with Crippen LogP contribution in [0, 0.1) is 0 Å². The topological polar surface area (TPSA) is 63.0 Å². The Balaban J connectivity index is 1.26. The lowest BCUT2D eigenvalue weighted by Gasteiger charge is -2.38. The van der Waals surface area contributed by atoms with E-state index >= 15 is 0 Å². The maximum Gasteiger partial charge on any atom is 0.186 e. The van der Waals surface area contributed by atoms with Crippen LogP contribution in [0.1, 0.15) is 37.2 Å². The van der Waals surface area contributed by atoms with Gasteiger partial charge in [0.05, 0.1) is 16.3 Å². The normalized spacial score (nSPS) is 16.0. The Morgan fingerprint density at radius 2 is 1.75 bits per heavy atom. The van der Waals surface area contributed by atoms with Crippen LogP contribution in [0.15, 0.2) is 54.6 Å². The summed E-state index contributed by atoms with van der Waals surface area (Å²) >= 11 is 1.79. The number of anilines is 1. The number of benzene rings is 2. The molecule has 0 amide bonds. The summed E-state index contributed by atoms with van der Waals surface area (Å²) in [7, 11) is 0. The first-order valence-corrected chi connectivity index (χ1v) is 12.3. The average Bonchev–Trinajstić information content (AvgIpc) is 3.49. The van der Waals surface area contributed by atoms with E-state index in [-0.39, 0.29) is 6.04 Å². The van der Waals surface area contributed by atoms with Crippen LogP contribution in [0.25, 0.3) is 10.2 Å². The molecule has 1 aliphatic rings. The van der Waals surface area contributed by atoms with E-state index in [0.717, 1.165) is 68.5 Å². The van der Waals surface area contributed by atoms with Crippen molar-refractivity contribution in [2.24, 2.45) is 0 Å². The molecule has 2 aromatic heterocycles. The molecular weight excluding hydrogens is 418 g/mol. The monoisotopic (exact) mass is 447 g/mol. The minimum Gasteiger partial charge on any atom is -0.345 e. The molecule has 2 aromatic carbocycles. The van der Waals surface area contributed by atoms with E-state index in [0.29, 0.717) is 0 Å². The molecule has 7 nitrogen and oxygen atoms in total. The number of piperazine rings is 1. The van der Waals surface area contributed by atoms with Gasteiger partial charge in [0.15, 0.2) is 11.0 Å². The number of tetrazole rings is 1. The van der Waals surface area contributed by atoms with E-state index < -0.39 is 0 Å². The van der Waals surface area contributed by atoms with Gasteiger partial charge in [0, 0.05) is 32.7 Å². The number of nitrogens with zero attached hydrogens (tertiary/aromatic N) is 7. The minimum atomic E-state index is 0.253. The number of aryl methyl sites for hydroxylation is 2. The fraction of sp³-hybridized carbons (Fsp3) is 0.417. The van der Waals surface area contributed by atoms with Gasteiger partial charge in [0.2, 0.25) is 0 Å². The number of rotatable bonds is 8. The van der Waals surface area contributed by atoms with Crippen LogP contribution in [0.3, 0.4) is 0 Å². The molecule has 5 rings (SSSR count). The van der Waals surface area contributed by atoms with Crippen molar-refractivity contribution in [3.63, 3.8) is 0 Å². The first-order chi connectivity index (χ1) is 15.8. The Morgan fingerprint density at radius 1 is 0.969 bits per heavy atom. The van der Waals surface area contributed by atoms with Crippen molar-refractivity contribution in [3.05, 3.63) is 66.0 Å². The van der Waals surface area contributed by atoms with Crippen LogP contribution in [0.2, 0.25) is 0 Å². The highest BCUT2D eigenvalue weighted by atomic mass is 32.1. The zero-order valence-electron chi connectivity index (χ0n) is 18.5. The minimum absolute atomic E-state index is 0.253. The molecule has 4 aromatic rings. The summed E-state index contributed by atoms with van der Waals surface area (Å²) < 4.78 is 3.26. The SMILES string of the molecule is CCCC(c1nnnn1CCc1ccccc1)N1CCN(c2nc3ccccc3s2)CC1. The number of hydrogen-bond acceptors (Lipinski definition) is 7. The second kappa shape index (κ2) is 9.75. The van der Waals surface area contributed by atoms with Crippen LogP contribution in [0.5, 0.6) is 0 Å². The maximum atomic E-state index is 4.85. The van der Waals surface area contributed by atoms with Crippen molar-refractivity contribution in [1.29, 1.82) is 0 Å². The number of hydrogen-bond donors (Lipinski definition) is 0. The van der Waals surface area contributed by atoms with Crippen LogP contribution in [-0.2, 0) is 13.0 Å². The molecule has 1 saturated heterocycles. The predicted molar refractivity (Wildman–Crippen MR) is 129 cm³/mol. The third-order valence-electron chi connectivity index (χ3n) is 6.18. The largest absolute Gasteiger partial charge is 0.345 e. The molecular formula is C24H29N7S. The molecule has 0 spiro atoms. The third-order valence-corrected chi connectivity index (χ3v) is 7.28. The van der Waals surface area contributed by atoms with Gasteiger partial charge in [-0.15, -0.1) is 5.10 Å². The second-order valence-electron chi connectivity index (χ2n) is 8.29. The maximum absolute atomic E-state index is 4.85. The molecule has 0 saturated carbocycles. The molecule has 1 unspecified atom stereocenters. The highest BCUT2D eigenvalue weighted by Gasteiger charge is 2.29. The fourth-order valence-electron chi connectivity index (χ4n) is 4.46. The lowest BCUT2D eigenvalue weighted by atomic mass is 10.1. The molecule has 1 atom stereocenters. The summed E-state index contributed by atoms with van der Waals surface area (Å²) in [5.41, 5.74) is 2.40. The van der Waals surface area contributed by atoms with Crippen LogP contribution < -0.4 is 4.90 Å². The Bertz CT molecular complexity index is 1100. The lowest BCUT2D eigenvalue weighted by Crippen LogP contribution is -2.48. The molecule has 0 aliphatic carbocycles. The Hall–Kier alpha value is -2.84. The Morgan fingerprint density at radius 3 is 2.53 bits per heavy atom. The Kier molecular flexibility index (Phi) is 6.41. The summed E-state index contributed by atoms with van der Waals surface area (Å²) in [5, 5.41) is 14.0. The van der Waals surface area contributed by atoms with E-state index in [1.807, 2.05) is 4.68 Å². The molecule has 0 N–H and O–H groups in total. The van der Waals surface area contributed by atoms with Crippen molar-refractivity contribution < 1.29 is 0 Å². The standard InChI is InChI=1S/C24H29N7S/c1-2-8-21(23-26-27-28-31(23)14-13-19-9-4-3-5-10-19)29-15-17-30(18-16-29)24-25-20-11-6-7-12-22(20)32-24/h3-7,9-12,21H,2,8,13-18H2,1H3. The first kappa shape index (κ1) is 21.0. The summed E-state index contributed by atoms with van der Waals surface area (Å²) in [4.78, 5) is 9.82. The van der Waals surface area contributed by atoms with Gasteiger partial charge in [0.1, 0.15) is 0 Å². The number of para-hydroxylation sites is 1. The molecule has 3 heterocycles. The molecule has 8 heteroatoms. The molecule has 1 fully saturated rings. The van der Waals surface area contributed by atoms with Gasteiger partial charge >= 0.3 is 0 Å². The summed E-state index contributed by atoms with van der Waals surface area (Å²) in [6.45, 7) is 6.98. The molecule has 32 heavy (non-hydrogen) atoms. The van der Waals surface area contributed by atoms with E-state index in [1.165, 1.54) is 10.3 Å². The smallest absolute Gasteiger partial charge is 0.186 e. The van der Waals surface area contributed by atoms with Crippen molar-refractivity contribution in [2.45, 2.75) is 38.8 Å². The van der Waals surface area contributed by atoms with Crippen molar-refractivity contribution in [2.75, 3.05) is 31.1 Å². The van der Waals surface area contributed by atoms with E-state index in [4.69, 9.17) is 4.98 Å². The highest BCUT2D eigenvalue weighted by molar-refractivity contribution is 7.22. The van der Waals surface area contributed by atoms with Gasteiger partial charge in [-0.25, -0.2) is 9.67 Å². The zero-order valence-corrected chi connectivity index (χ0v) is 19.3. The van der Waals surface area contributed by atoms with Crippen LogP contribution >= 0.6 is 11.3 Å². The van der Waals surface area contributed by atoms with E-state index in [2.05, 4.69) is 86.8 Å². The lowest BCUT2D eigenvalue weighted by molar-refractivity contribution is 0.164. The van der Waals surface area contributed by atoms with Crippen molar-refractivity contribution in [1.82, 2.24) is 30.1 Å². The molecule has 166 valence electrons. The van der Waals surface area contributed by atoms with Gasteiger partial charge in [-0.2, -0.15) is 0 Å². The average molecular weight is 448 g/mol. The van der Waals surface area contributed by atoms with Gasteiger partial charge in [-0.05, 0) is 41.0 Å². The third kappa shape index (κ3) is 4.52. The van der Waals surface area contributed by atoms with Gasteiger partial charge < -0.3 is 4.90 Å². The Labute approximate surface area is 192 Å². The van der Waals surface area contributed by atoms with Gasteiger partial charge in [0.25, 0.3) is 0 Å². The number of fused-ring (bicyclic) bond motifs is 1. The van der Waals surface area contributed by atoms with Crippen LogP contribution in [0.4, 0.5) is 5.13 Å². The predicted octanol–water partition coefficient (Wildman–Crippen LogP) is 4.19. The molecule has 0 radical (unpaired) electrons. The van der Waals surface area contributed by atoms with Crippen LogP contribution in [-0.4, -0.2) is 56.3 Å². The first-order valence-electron chi connectivity index (χ1n) is 11.5. The quantitative estimate of drug-likeness (QED) is 0.404.